The van der Waals surface area contributed by atoms with E-state index in [1.165, 1.54) is 0 Å². The molecule has 0 aromatic carbocycles. The number of nitrogens with one attached hydrogen (secondary N) is 2. The first-order valence-electron chi connectivity index (χ1n) is 7.40. The largest absolute Gasteiger partial charge is 0.380 e. The molecule has 1 amide bonds. The zero-order valence-electron chi connectivity index (χ0n) is 12.7. The van der Waals surface area contributed by atoms with Gasteiger partial charge >= 0.3 is 0 Å². The van der Waals surface area contributed by atoms with Crippen LogP contribution < -0.4 is 10.6 Å². The van der Waals surface area contributed by atoms with Gasteiger partial charge in [-0.2, -0.15) is 9.61 Å². The first kappa shape index (κ1) is 14.9. The van der Waals surface area contributed by atoms with E-state index in [4.69, 9.17) is 0 Å². The Labute approximate surface area is 133 Å². The first-order chi connectivity index (χ1) is 11.3. The molecular formula is C15H17N7O. The molecule has 0 bridgehead atoms. The lowest BCUT2D eigenvalue weighted by atomic mass is 10.2. The van der Waals surface area contributed by atoms with Gasteiger partial charge in [-0.05, 0) is 24.6 Å². The molecule has 3 rings (SSSR count). The summed E-state index contributed by atoms with van der Waals surface area (Å²) in [4.78, 5) is 15.8. The molecule has 0 spiro atoms. The second kappa shape index (κ2) is 6.82. The summed E-state index contributed by atoms with van der Waals surface area (Å²) < 4.78 is 1.65. The Morgan fingerprint density at radius 3 is 2.87 bits per heavy atom. The van der Waals surface area contributed by atoms with Gasteiger partial charge in [-0.1, -0.05) is 6.92 Å². The van der Waals surface area contributed by atoms with E-state index in [1.54, 1.807) is 35.4 Å². The summed E-state index contributed by atoms with van der Waals surface area (Å²) in [5, 5.41) is 18.4. The average molecular weight is 311 g/mol. The fourth-order valence-electron chi connectivity index (χ4n) is 2.16. The van der Waals surface area contributed by atoms with Crippen LogP contribution in [-0.4, -0.2) is 43.8 Å². The predicted molar refractivity (Wildman–Crippen MR) is 85.2 cm³/mol. The van der Waals surface area contributed by atoms with Gasteiger partial charge in [0, 0.05) is 31.0 Å². The topological polar surface area (TPSA) is 97.1 Å². The van der Waals surface area contributed by atoms with Crippen molar-refractivity contribution in [3.63, 3.8) is 0 Å². The van der Waals surface area contributed by atoms with Crippen LogP contribution in [0.5, 0.6) is 0 Å². The smallest absolute Gasteiger partial charge is 0.251 e. The number of aryl methyl sites for hydroxylation is 1. The van der Waals surface area contributed by atoms with E-state index < -0.39 is 0 Å². The van der Waals surface area contributed by atoms with Crippen LogP contribution in [0, 0.1) is 0 Å². The number of anilines is 1. The zero-order chi connectivity index (χ0) is 16.1. The van der Waals surface area contributed by atoms with Crippen LogP contribution in [0.1, 0.15) is 23.0 Å². The molecule has 118 valence electrons. The number of carbonyl (C=O) groups is 1. The maximum absolute atomic E-state index is 11.9. The highest BCUT2D eigenvalue weighted by molar-refractivity contribution is 5.93. The third-order valence-electron chi connectivity index (χ3n) is 3.35. The molecule has 0 aliphatic heterocycles. The van der Waals surface area contributed by atoms with Gasteiger partial charge < -0.3 is 10.6 Å². The minimum absolute atomic E-state index is 0.120. The second-order valence-electron chi connectivity index (χ2n) is 4.92. The van der Waals surface area contributed by atoms with Crippen molar-refractivity contribution in [3.05, 3.63) is 48.2 Å². The fraction of sp³-hybridized carbons (Fsp3) is 0.267. The molecular weight excluding hydrogens is 294 g/mol. The summed E-state index contributed by atoms with van der Waals surface area (Å²) in [5.41, 5.74) is 3.06. The SMILES string of the molecule is CCc1cc(NCCNC(=O)c2ccncc2)c2nncn2n1. The van der Waals surface area contributed by atoms with Crippen LogP contribution in [0.4, 0.5) is 5.69 Å². The fourth-order valence-corrected chi connectivity index (χ4v) is 2.16. The summed E-state index contributed by atoms with van der Waals surface area (Å²) >= 11 is 0. The van der Waals surface area contributed by atoms with Crippen molar-refractivity contribution in [2.45, 2.75) is 13.3 Å². The maximum Gasteiger partial charge on any atom is 0.251 e. The Balaban J connectivity index is 1.59. The van der Waals surface area contributed by atoms with Crippen LogP contribution in [0.15, 0.2) is 36.9 Å². The van der Waals surface area contributed by atoms with Gasteiger partial charge in [0.2, 0.25) is 5.65 Å². The third kappa shape index (κ3) is 3.42. The summed E-state index contributed by atoms with van der Waals surface area (Å²) in [5.74, 6) is -0.120. The molecule has 0 aliphatic carbocycles. The second-order valence-corrected chi connectivity index (χ2v) is 4.92. The standard InChI is InChI=1S/C15H17N7O/c1-2-12-9-13(14-20-19-10-22(14)21-12)17-7-8-18-15(23)11-3-5-16-6-4-11/h3-6,9-10,17H,2,7-8H2,1H3,(H,18,23). The van der Waals surface area contributed by atoms with E-state index >= 15 is 0 Å². The molecule has 0 fully saturated rings. The molecule has 0 atom stereocenters. The van der Waals surface area contributed by atoms with Gasteiger partial charge in [0.15, 0.2) is 0 Å². The van der Waals surface area contributed by atoms with Crippen LogP contribution in [0.2, 0.25) is 0 Å². The van der Waals surface area contributed by atoms with Gasteiger partial charge in [0.05, 0.1) is 11.4 Å². The molecule has 23 heavy (non-hydrogen) atoms. The van der Waals surface area contributed by atoms with E-state index in [-0.39, 0.29) is 5.91 Å². The molecule has 0 saturated heterocycles. The molecule has 3 aromatic rings. The summed E-state index contributed by atoms with van der Waals surface area (Å²) in [6.07, 6.45) is 5.59. The molecule has 0 aliphatic rings. The maximum atomic E-state index is 11.9. The number of hydrogen-bond acceptors (Lipinski definition) is 6. The number of pyridine rings is 1. The van der Waals surface area contributed by atoms with E-state index in [2.05, 4.69) is 30.9 Å². The Kier molecular flexibility index (Phi) is 4.41. The van der Waals surface area contributed by atoms with E-state index in [1.807, 2.05) is 13.0 Å². The number of fused-ring (bicyclic) bond motifs is 1. The lowest BCUT2D eigenvalue weighted by Gasteiger charge is -2.09. The van der Waals surface area contributed by atoms with Crippen molar-refractivity contribution < 1.29 is 4.79 Å². The highest BCUT2D eigenvalue weighted by Crippen LogP contribution is 2.14. The summed E-state index contributed by atoms with van der Waals surface area (Å²) in [6.45, 7) is 3.11. The van der Waals surface area contributed by atoms with Gasteiger partial charge in [0.1, 0.15) is 6.33 Å². The molecule has 3 aromatic heterocycles. The molecule has 0 radical (unpaired) electrons. The van der Waals surface area contributed by atoms with Crippen molar-refractivity contribution in [2.75, 3.05) is 18.4 Å². The van der Waals surface area contributed by atoms with Gasteiger partial charge in [-0.15, -0.1) is 10.2 Å². The lowest BCUT2D eigenvalue weighted by molar-refractivity contribution is 0.0955. The van der Waals surface area contributed by atoms with Crippen molar-refractivity contribution >= 4 is 17.2 Å². The number of carbonyl (C=O) groups excluding carboxylic acids is 1. The Morgan fingerprint density at radius 2 is 2.09 bits per heavy atom. The van der Waals surface area contributed by atoms with Crippen molar-refractivity contribution in [1.29, 1.82) is 0 Å². The molecule has 8 heteroatoms. The zero-order valence-corrected chi connectivity index (χ0v) is 12.7. The normalized spacial score (nSPS) is 10.7. The molecule has 2 N–H and O–H groups in total. The quantitative estimate of drug-likeness (QED) is 0.657. The number of nitrogens with zero attached hydrogens (tertiary/aromatic N) is 5. The van der Waals surface area contributed by atoms with E-state index in [0.717, 1.165) is 17.8 Å². The third-order valence-corrected chi connectivity index (χ3v) is 3.35. The molecule has 0 saturated carbocycles. The predicted octanol–water partition coefficient (Wildman–Crippen LogP) is 0.924. The van der Waals surface area contributed by atoms with Crippen molar-refractivity contribution in [1.82, 2.24) is 30.1 Å². The Bertz CT molecular complexity index is 800. The number of aromatic nitrogens is 5. The van der Waals surface area contributed by atoms with E-state index in [0.29, 0.717) is 24.3 Å². The molecule has 3 heterocycles. The summed E-state index contributed by atoms with van der Waals surface area (Å²) in [6, 6.07) is 5.31. The molecule has 8 nitrogen and oxygen atoms in total. The number of amides is 1. The van der Waals surface area contributed by atoms with Gasteiger partial charge in [-0.3, -0.25) is 9.78 Å². The van der Waals surface area contributed by atoms with Crippen molar-refractivity contribution in [2.24, 2.45) is 0 Å². The van der Waals surface area contributed by atoms with Crippen molar-refractivity contribution in [3.8, 4) is 0 Å². The molecule has 0 unspecified atom stereocenters. The minimum atomic E-state index is -0.120. The van der Waals surface area contributed by atoms with Crippen LogP contribution in [0.3, 0.4) is 0 Å². The first-order valence-corrected chi connectivity index (χ1v) is 7.40. The van der Waals surface area contributed by atoms with Crippen LogP contribution in [-0.2, 0) is 6.42 Å². The average Bonchev–Trinajstić information content (AvgIpc) is 3.07. The van der Waals surface area contributed by atoms with Gasteiger partial charge in [0.25, 0.3) is 5.91 Å². The monoisotopic (exact) mass is 311 g/mol. The van der Waals surface area contributed by atoms with Gasteiger partial charge in [-0.25, -0.2) is 0 Å². The minimum Gasteiger partial charge on any atom is -0.380 e. The highest BCUT2D eigenvalue weighted by atomic mass is 16.1. The van der Waals surface area contributed by atoms with Crippen LogP contribution >= 0.6 is 0 Å². The number of rotatable bonds is 6. The highest BCUT2D eigenvalue weighted by Gasteiger charge is 2.07. The lowest BCUT2D eigenvalue weighted by Crippen LogP contribution is -2.28. The Hall–Kier alpha value is -3.03. The van der Waals surface area contributed by atoms with Crippen LogP contribution in [0.25, 0.3) is 5.65 Å². The van der Waals surface area contributed by atoms with E-state index in [9.17, 15) is 4.79 Å². The number of hydrogen-bond donors (Lipinski definition) is 2. The summed E-state index contributed by atoms with van der Waals surface area (Å²) in [7, 11) is 0. The Morgan fingerprint density at radius 1 is 1.26 bits per heavy atom.